The first kappa shape index (κ1) is 20.7. The minimum atomic E-state index is 0.0396. The lowest BCUT2D eigenvalue weighted by Gasteiger charge is -2.25. The minimum absolute atomic E-state index is 0.0396. The van der Waals surface area contributed by atoms with Crippen LogP contribution >= 0.6 is 23.2 Å². The summed E-state index contributed by atoms with van der Waals surface area (Å²) in [7, 11) is 1.87. The third-order valence-corrected chi connectivity index (χ3v) is 6.29. The molecule has 0 N–H and O–H groups in total. The van der Waals surface area contributed by atoms with Crippen molar-refractivity contribution in [3.8, 4) is 0 Å². The number of aryl methyl sites for hydroxylation is 2. The molecule has 146 valence electrons. The molecule has 0 aliphatic carbocycles. The van der Waals surface area contributed by atoms with Crippen LogP contribution < -0.4 is 0 Å². The van der Waals surface area contributed by atoms with Crippen LogP contribution in [0.5, 0.6) is 0 Å². The normalized spacial score (nSPS) is 12.2. The van der Waals surface area contributed by atoms with Crippen molar-refractivity contribution in [2.75, 3.05) is 13.6 Å². The zero-order chi connectivity index (χ0) is 20.4. The van der Waals surface area contributed by atoms with Gasteiger partial charge in [-0.3, -0.25) is 4.79 Å². The summed E-state index contributed by atoms with van der Waals surface area (Å²) in [6, 6.07) is 15.8. The van der Waals surface area contributed by atoms with E-state index in [4.69, 9.17) is 23.2 Å². The maximum atomic E-state index is 13.3. The van der Waals surface area contributed by atoms with Crippen LogP contribution in [0.3, 0.4) is 0 Å². The predicted molar refractivity (Wildman–Crippen MR) is 120 cm³/mol. The molecule has 3 aromatic carbocycles. The van der Waals surface area contributed by atoms with Gasteiger partial charge in [-0.15, -0.1) is 0 Å². The molecule has 0 aliphatic rings. The number of fused-ring (bicyclic) bond motifs is 1. The van der Waals surface area contributed by atoms with Gasteiger partial charge in [0.1, 0.15) is 0 Å². The van der Waals surface area contributed by atoms with Gasteiger partial charge in [-0.25, -0.2) is 0 Å². The lowest BCUT2D eigenvalue weighted by molar-refractivity contribution is 0.0787. The summed E-state index contributed by atoms with van der Waals surface area (Å²) in [5, 5.41) is 3.24. The Hall–Kier alpha value is -2.03. The highest BCUT2D eigenvalue weighted by molar-refractivity contribution is 6.42. The van der Waals surface area contributed by atoms with Crippen molar-refractivity contribution in [3.05, 3.63) is 80.8 Å². The highest BCUT2D eigenvalue weighted by atomic mass is 35.5. The van der Waals surface area contributed by atoms with Crippen LogP contribution in [0.4, 0.5) is 0 Å². The quantitative estimate of drug-likeness (QED) is 0.439. The summed E-state index contributed by atoms with van der Waals surface area (Å²) < 4.78 is 0. The van der Waals surface area contributed by atoms with Crippen molar-refractivity contribution in [1.82, 2.24) is 4.90 Å². The molecule has 0 fully saturated rings. The second-order valence-corrected chi connectivity index (χ2v) is 8.19. The number of rotatable bonds is 5. The molecule has 28 heavy (non-hydrogen) atoms. The van der Waals surface area contributed by atoms with Gasteiger partial charge in [0.15, 0.2) is 0 Å². The van der Waals surface area contributed by atoms with Gasteiger partial charge in [0, 0.05) is 25.1 Å². The van der Waals surface area contributed by atoms with Gasteiger partial charge in [0.2, 0.25) is 0 Å². The maximum absolute atomic E-state index is 13.3. The van der Waals surface area contributed by atoms with Gasteiger partial charge in [-0.05, 0) is 65.9 Å². The Labute approximate surface area is 177 Å². The number of hydrogen-bond acceptors (Lipinski definition) is 1. The highest BCUT2D eigenvalue weighted by Crippen LogP contribution is 2.30. The molecule has 0 saturated heterocycles. The van der Waals surface area contributed by atoms with Crippen molar-refractivity contribution in [3.63, 3.8) is 0 Å². The highest BCUT2D eigenvalue weighted by Gasteiger charge is 2.20. The average molecular weight is 414 g/mol. The summed E-state index contributed by atoms with van der Waals surface area (Å²) in [4.78, 5) is 15.1. The zero-order valence-electron chi connectivity index (χ0n) is 16.7. The van der Waals surface area contributed by atoms with Gasteiger partial charge in [-0.2, -0.15) is 0 Å². The first-order chi connectivity index (χ1) is 13.3. The summed E-state index contributed by atoms with van der Waals surface area (Å²) in [5.41, 5.74) is 4.20. The van der Waals surface area contributed by atoms with Gasteiger partial charge in [-0.1, -0.05) is 60.5 Å². The second kappa shape index (κ2) is 8.55. The Bertz CT molecular complexity index is 1030. The Morgan fingerprint density at radius 3 is 2.32 bits per heavy atom. The van der Waals surface area contributed by atoms with E-state index >= 15 is 0 Å². The molecular formula is C24H25Cl2NO. The van der Waals surface area contributed by atoms with Crippen molar-refractivity contribution >= 4 is 39.9 Å². The van der Waals surface area contributed by atoms with E-state index in [9.17, 15) is 4.79 Å². The van der Waals surface area contributed by atoms with Crippen LogP contribution in [0.15, 0.2) is 48.5 Å². The first-order valence-corrected chi connectivity index (χ1v) is 10.3. The van der Waals surface area contributed by atoms with E-state index < -0.39 is 0 Å². The Kier molecular flexibility index (Phi) is 6.32. The van der Waals surface area contributed by atoms with Crippen molar-refractivity contribution in [2.24, 2.45) is 0 Å². The van der Waals surface area contributed by atoms with Crippen molar-refractivity contribution < 1.29 is 4.79 Å². The number of nitrogens with zero attached hydrogens (tertiary/aromatic N) is 1. The number of carbonyl (C=O) groups excluding carboxylic acids is 1. The number of halogens is 2. The fourth-order valence-corrected chi connectivity index (χ4v) is 4.00. The Balaban J connectivity index is 1.91. The molecule has 0 unspecified atom stereocenters. The first-order valence-electron chi connectivity index (χ1n) is 9.52. The number of likely N-dealkylation sites (N-methyl/N-ethyl adjacent to an activating group) is 1. The topological polar surface area (TPSA) is 20.3 Å². The van der Waals surface area contributed by atoms with Crippen molar-refractivity contribution in [2.45, 2.75) is 33.1 Å². The monoisotopic (exact) mass is 413 g/mol. The Morgan fingerprint density at radius 1 is 1.00 bits per heavy atom. The molecule has 0 aromatic heterocycles. The van der Waals surface area contributed by atoms with Crippen LogP contribution in [0.1, 0.15) is 46.3 Å². The number of amides is 1. The molecule has 0 spiro atoms. The SMILES string of the molecule is CC[C@H](CN(C)C(=O)c1cc(C)c(C)c2ccccc12)c1ccc(Cl)c(Cl)c1. The van der Waals surface area contributed by atoms with Gasteiger partial charge in [0.05, 0.1) is 10.0 Å². The van der Waals surface area contributed by atoms with Crippen LogP contribution in [-0.2, 0) is 0 Å². The lowest BCUT2D eigenvalue weighted by Crippen LogP contribution is -2.31. The molecule has 1 amide bonds. The molecule has 0 heterocycles. The van der Waals surface area contributed by atoms with E-state index in [1.807, 2.05) is 54.4 Å². The molecular weight excluding hydrogens is 389 g/mol. The van der Waals surface area contributed by atoms with Crippen LogP contribution in [-0.4, -0.2) is 24.4 Å². The van der Waals surface area contributed by atoms with Gasteiger partial charge in [0.25, 0.3) is 5.91 Å². The largest absolute Gasteiger partial charge is 0.341 e. The average Bonchev–Trinajstić information content (AvgIpc) is 2.70. The summed E-state index contributed by atoms with van der Waals surface area (Å²) in [6.45, 7) is 6.90. The smallest absolute Gasteiger partial charge is 0.254 e. The van der Waals surface area contributed by atoms with Gasteiger partial charge < -0.3 is 4.90 Å². The summed E-state index contributed by atoms with van der Waals surface area (Å²) in [5.74, 6) is 0.235. The van der Waals surface area contributed by atoms with E-state index in [-0.39, 0.29) is 11.8 Å². The second-order valence-electron chi connectivity index (χ2n) is 7.38. The lowest BCUT2D eigenvalue weighted by atomic mass is 9.94. The standard InChI is InChI=1S/C24H25Cl2NO/c1-5-17(18-10-11-22(25)23(26)13-18)14-27(4)24(28)21-12-15(2)16(3)19-8-6-7-9-20(19)21/h6-13,17H,5,14H2,1-4H3/t17-/m1/s1. The summed E-state index contributed by atoms with van der Waals surface area (Å²) in [6.07, 6.45) is 0.906. The zero-order valence-corrected chi connectivity index (χ0v) is 18.2. The van der Waals surface area contributed by atoms with Crippen LogP contribution in [0.2, 0.25) is 10.0 Å². The van der Waals surface area contributed by atoms with Gasteiger partial charge >= 0.3 is 0 Å². The molecule has 2 nitrogen and oxygen atoms in total. The van der Waals surface area contributed by atoms with Crippen LogP contribution in [0.25, 0.3) is 10.8 Å². The van der Waals surface area contributed by atoms with E-state index in [1.54, 1.807) is 0 Å². The fraction of sp³-hybridized carbons (Fsp3) is 0.292. The molecule has 3 rings (SSSR count). The van der Waals surface area contributed by atoms with E-state index in [1.165, 1.54) is 5.56 Å². The predicted octanol–water partition coefficient (Wildman–Crippen LogP) is 7.03. The molecule has 4 heteroatoms. The van der Waals surface area contributed by atoms with E-state index in [0.29, 0.717) is 16.6 Å². The van der Waals surface area contributed by atoms with Crippen molar-refractivity contribution in [1.29, 1.82) is 0 Å². The maximum Gasteiger partial charge on any atom is 0.254 e. The summed E-state index contributed by atoms with van der Waals surface area (Å²) >= 11 is 12.2. The fourth-order valence-electron chi connectivity index (χ4n) is 3.69. The molecule has 0 saturated carbocycles. The minimum Gasteiger partial charge on any atom is -0.341 e. The molecule has 0 bridgehead atoms. The number of benzene rings is 3. The molecule has 0 radical (unpaired) electrons. The Morgan fingerprint density at radius 2 is 1.68 bits per heavy atom. The number of hydrogen-bond donors (Lipinski definition) is 0. The molecule has 3 aromatic rings. The van der Waals surface area contributed by atoms with E-state index in [2.05, 4.69) is 26.8 Å². The van der Waals surface area contributed by atoms with Crippen LogP contribution in [0, 0.1) is 13.8 Å². The molecule has 1 atom stereocenters. The third-order valence-electron chi connectivity index (χ3n) is 5.55. The molecule has 0 aliphatic heterocycles. The van der Waals surface area contributed by atoms with E-state index in [0.717, 1.165) is 33.9 Å². The number of carbonyl (C=O) groups is 1. The third kappa shape index (κ3) is 4.04.